The van der Waals surface area contributed by atoms with Crippen LogP contribution in [0.5, 0.6) is 0 Å². The van der Waals surface area contributed by atoms with Crippen LogP contribution in [0.25, 0.3) is 0 Å². The molecule has 0 aromatic heterocycles. The molecule has 0 N–H and O–H groups in total. The van der Waals surface area contributed by atoms with Crippen LogP contribution in [0.3, 0.4) is 0 Å². The molecule has 1 nitrogen and oxygen atoms in total. The highest BCUT2D eigenvalue weighted by molar-refractivity contribution is 7.96. The third kappa shape index (κ3) is 15.7. The number of carbonyl (C=O) groups is 1. The maximum absolute atomic E-state index is 10.9. The molecular formula is C17H34OS. The normalized spacial score (nSPS) is 11.7. The number of allylic oxidation sites excluding steroid dienone is 1. The Morgan fingerprint density at radius 3 is 1.84 bits per heavy atom. The van der Waals surface area contributed by atoms with Gasteiger partial charge in [-0.2, -0.15) is 0 Å². The minimum absolute atomic E-state index is 0. The van der Waals surface area contributed by atoms with E-state index >= 15 is 0 Å². The molecule has 0 rings (SSSR count). The Labute approximate surface area is 126 Å². The summed E-state index contributed by atoms with van der Waals surface area (Å²) in [6.07, 6.45) is 16.1. The van der Waals surface area contributed by atoms with Crippen LogP contribution in [-0.2, 0) is 4.79 Å². The predicted molar refractivity (Wildman–Crippen MR) is 90.9 cm³/mol. The van der Waals surface area contributed by atoms with Gasteiger partial charge in [0.2, 0.25) is 0 Å². The van der Waals surface area contributed by atoms with Crippen molar-refractivity contribution in [3.63, 3.8) is 0 Å². The summed E-state index contributed by atoms with van der Waals surface area (Å²) in [5, 5.41) is 0.0366. The van der Waals surface area contributed by atoms with Crippen LogP contribution in [0.15, 0.2) is 12.7 Å². The molecule has 0 aliphatic rings. The summed E-state index contributed by atoms with van der Waals surface area (Å²) in [7, 11) is 0. The number of thiol groups is 1. The zero-order chi connectivity index (χ0) is 13.6. The van der Waals surface area contributed by atoms with Crippen LogP contribution in [-0.4, -0.2) is 5.12 Å². The van der Waals surface area contributed by atoms with Crippen LogP contribution >= 0.6 is 12.6 Å². The second-order valence-corrected chi connectivity index (χ2v) is 5.73. The molecule has 0 saturated carbocycles. The average Bonchev–Trinajstić information content (AvgIpc) is 2.35. The first-order valence-corrected chi connectivity index (χ1v) is 7.97. The minimum Gasteiger partial charge on any atom is -0.287 e. The van der Waals surface area contributed by atoms with E-state index in [9.17, 15) is 4.79 Å². The maximum atomic E-state index is 10.9. The molecule has 0 bridgehead atoms. The van der Waals surface area contributed by atoms with Crippen LogP contribution in [0, 0.1) is 5.92 Å². The Balaban J connectivity index is 0. The highest BCUT2D eigenvalue weighted by Crippen LogP contribution is 2.15. The van der Waals surface area contributed by atoms with Crippen molar-refractivity contribution in [3.8, 4) is 0 Å². The SMILES string of the molecule is C.C=CCCCCCCCCCCCC(C)C(=O)S. The molecule has 1 atom stereocenters. The van der Waals surface area contributed by atoms with Gasteiger partial charge in [0, 0.05) is 5.92 Å². The molecule has 0 radical (unpaired) electrons. The quantitative estimate of drug-likeness (QED) is 0.242. The van der Waals surface area contributed by atoms with E-state index in [1.165, 1.54) is 64.2 Å². The molecule has 19 heavy (non-hydrogen) atoms. The Morgan fingerprint density at radius 2 is 1.42 bits per heavy atom. The Kier molecular flexibility index (Phi) is 17.5. The number of hydrogen-bond acceptors (Lipinski definition) is 1. The van der Waals surface area contributed by atoms with Gasteiger partial charge in [0.05, 0.1) is 0 Å². The topological polar surface area (TPSA) is 17.1 Å². The van der Waals surface area contributed by atoms with Crippen LogP contribution < -0.4 is 0 Å². The zero-order valence-corrected chi connectivity index (χ0v) is 12.9. The lowest BCUT2D eigenvalue weighted by Crippen LogP contribution is -2.03. The largest absolute Gasteiger partial charge is 0.287 e. The van der Waals surface area contributed by atoms with E-state index in [2.05, 4.69) is 19.2 Å². The van der Waals surface area contributed by atoms with Crippen LogP contribution in [0.2, 0.25) is 0 Å². The second kappa shape index (κ2) is 15.8. The standard InChI is InChI=1S/C16H30OS.CH4/c1-3-4-5-6-7-8-9-10-11-12-13-14-15(2)16(17)18;/h3,15H,1,4-14H2,2H3,(H,17,18);1H4. The van der Waals surface area contributed by atoms with Gasteiger partial charge < -0.3 is 0 Å². The first-order valence-electron chi connectivity index (χ1n) is 7.52. The number of hydrogen-bond donors (Lipinski definition) is 1. The molecule has 0 amide bonds. The molecule has 1 unspecified atom stereocenters. The molecule has 0 saturated heterocycles. The summed E-state index contributed by atoms with van der Waals surface area (Å²) in [4.78, 5) is 10.9. The smallest absolute Gasteiger partial charge is 0.188 e. The Morgan fingerprint density at radius 1 is 1.00 bits per heavy atom. The monoisotopic (exact) mass is 286 g/mol. The van der Waals surface area contributed by atoms with Crippen molar-refractivity contribution < 1.29 is 4.79 Å². The number of rotatable bonds is 13. The molecule has 0 spiro atoms. The van der Waals surface area contributed by atoms with Gasteiger partial charge >= 0.3 is 0 Å². The highest BCUT2D eigenvalue weighted by Gasteiger charge is 2.06. The van der Waals surface area contributed by atoms with E-state index < -0.39 is 0 Å². The lowest BCUT2D eigenvalue weighted by Gasteiger charge is -2.06. The number of carbonyl (C=O) groups excluding carboxylic acids is 1. The third-order valence-electron chi connectivity index (χ3n) is 3.47. The molecule has 114 valence electrons. The van der Waals surface area contributed by atoms with Crippen molar-refractivity contribution in [2.75, 3.05) is 0 Å². The van der Waals surface area contributed by atoms with Crippen molar-refractivity contribution >= 4 is 17.7 Å². The van der Waals surface area contributed by atoms with Gasteiger partial charge in [0.1, 0.15) is 0 Å². The summed E-state index contributed by atoms with van der Waals surface area (Å²) >= 11 is 3.85. The summed E-state index contributed by atoms with van der Waals surface area (Å²) in [6, 6.07) is 0. The summed E-state index contributed by atoms with van der Waals surface area (Å²) in [5.74, 6) is 0.137. The van der Waals surface area contributed by atoms with E-state index in [1.807, 2.05) is 13.0 Å². The van der Waals surface area contributed by atoms with Gasteiger partial charge in [-0.1, -0.05) is 71.8 Å². The molecule has 2 heteroatoms. The molecular weight excluding hydrogens is 252 g/mol. The molecule has 0 fully saturated rings. The first kappa shape index (κ1) is 21.1. The highest BCUT2D eigenvalue weighted by atomic mass is 32.1. The fraction of sp³-hybridized carbons (Fsp3) is 0.824. The molecule has 0 aromatic rings. The van der Waals surface area contributed by atoms with Gasteiger partial charge in [-0.3, -0.25) is 4.79 Å². The molecule has 0 heterocycles. The van der Waals surface area contributed by atoms with Gasteiger partial charge in [-0.15, -0.1) is 19.2 Å². The lowest BCUT2D eigenvalue weighted by molar-refractivity contribution is -0.113. The van der Waals surface area contributed by atoms with Gasteiger partial charge in [0.15, 0.2) is 5.12 Å². The average molecular weight is 287 g/mol. The van der Waals surface area contributed by atoms with E-state index in [4.69, 9.17) is 0 Å². The van der Waals surface area contributed by atoms with Crippen molar-refractivity contribution in [2.24, 2.45) is 5.92 Å². The van der Waals surface area contributed by atoms with Crippen LogP contribution in [0.4, 0.5) is 0 Å². The predicted octanol–water partition coefficient (Wildman–Crippen LogP) is 6.19. The Hall–Kier alpha value is -0.240. The molecule has 0 aliphatic carbocycles. The summed E-state index contributed by atoms with van der Waals surface area (Å²) < 4.78 is 0. The summed E-state index contributed by atoms with van der Waals surface area (Å²) in [5.41, 5.74) is 0. The molecule has 0 aliphatic heterocycles. The van der Waals surface area contributed by atoms with Crippen molar-refractivity contribution in [2.45, 2.75) is 85.0 Å². The van der Waals surface area contributed by atoms with Crippen molar-refractivity contribution in [1.82, 2.24) is 0 Å². The van der Waals surface area contributed by atoms with Gasteiger partial charge in [-0.05, 0) is 19.3 Å². The van der Waals surface area contributed by atoms with E-state index in [-0.39, 0.29) is 18.5 Å². The van der Waals surface area contributed by atoms with Gasteiger partial charge in [-0.25, -0.2) is 0 Å². The maximum Gasteiger partial charge on any atom is 0.188 e. The second-order valence-electron chi connectivity index (χ2n) is 5.29. The fourth-order valence-electron chi connectivity index (χ4n) is 2.10. The van der Waals surface area contributed by atoms with E-state index in [0.29, 0.717) is 0 Å². The van der Waals surface area contributed by atoms with E-state index in [1.54, 1.807) is 0 Å². The number of unbranched alkanes of at least 4 members (excludes halogenated alkanes) is 9. The lowest BCUT2D eigenvalue weighted by atomic mass is 10.0. The minimum atomic E-state index is 0. The van der Waals surface area contributed by atoms with Crippen LogP contribution in [0.1, 0.15) is 85.0 Å². The zero-order valence-electron chi connectivity index (χ0n) is 12.0. The van der Waals surface area contributed by atoms with E-state index in [0.717, 1.165) is 6.42 Å². The molecule has 0 aromatic carbocycles. The fourth-order valence-corrected chi connectivity index (χ4v) is 2.23. The first-order chi connectivity index (χ1) is 8.68. The van der Waals surface area contributed by atoms with Gasteiger partial charge in [0.25, 0.3) is 0 Å². The Bertz CT molecular complexity index is 213. The third-order valence-corrected chi connectivity index (χ3v) is 3.91. The van der Waals surface area contributed by atoms with Crippen molar-refractivity contribution in [3.05, 3.63) is 12.7 Å². The van der Waals surface area contributed by atoms with Crippen molar-refractivity contribution in [1.29, 1.82) is 0 Å². The summed E-state index contributed by atoms with van der Waals surface area (Å²) in [6.45, 7) is 5.70.